The fraction of sp³-hybridized carbons (Fsp3) is 0.579. The number of nitrogens with zero attached hydrogens (tertiary/aromatic N) is 1. The van der Waals surface area contributed by atoms with E-state index in [2.05, 4.69) is 19.2 Å². The van der Waals surface area contributed by atoms with Gasteiger partial charge in [-0.1, -0.05) is 26.0 Å². The molecule has 0 spiro atoms. The van der Waals surface area contributed by atoms with Gasteiger partial charge in [0.1, 0.15) is 0 Å². The summed E-state index contributed by atoms with van der Waals surface area (Å²) < 4.78 is 0. The first-order valence-electron chi connectivity index (χ1n) is 8.76. The number of amides is 2. The van der Waals surface area contributed by atoms with Gasteiger partial charge in [0.2, 0.25) is 11.8 Å². The third-order valence-electron chi connectivity index (χ3n) is 4.96. The quantitative estimate of drug-likeness (QED) is 0.926. The summed E-state index contributed by atoms with van der Waals surface area (Å²) in [5.41, 5.74) is 2.07. The highest BCUT2D eigenvalue weighted by atomic mass is 16.2. The standard InChI is InChI=1S/C19H26N2O2/c1-13(2)14-6-8-15(9-7-14)20-18(22)16-12-17(16)19(23)21-10-4-3-5-11-21/h6-9,13,16-17H,3-5,10-12H2,1-2H3,(H,20,22). The molecule has 2 aliphatic rings. The molecule has 0 bridgehead atoms. The van der Waals surface area contributed by atoms with Gasteiger partial charge in [-0.3, -0.25) is 9.59 Å². The van der Waals surface area contributed by atoms with Crippen molar-refractivity contribution in [3.05, 3.63) is 29.8 Å². The summed E-state index contributed by atoms with van der Waals surface area (Å²) in [5.74, 6) is 0.407. The molecule has 2 fully saturated rings. The van der Waals surface area contributed by atoms with E-state index in [1.807, 2.05) is 29.2 Å². The molecular weight excluding hydrogens is 288 g/mol. The van der Waals surface area contributed by atoms with E-state index in [-0.39, 0.29) is 23.7 Å². The highest BCUT2D eigenvalue weighted by Crippen LogP contribution is 2.41. The molecule has 1 heterocycles. The average Bonchev–Trinajstić information content (AvgIpc) is 3.36. The minimum Gasteiger partial charge on any atom is -0.342 e. The van der Waals surface area contributed by atoms with E-state index >= 15 is 0 Å². The third-order valence-corrected chi connectivity index (χ3v) is 4.96. The van der Waals surface area contributed by atoms with E-state index in [1.165, 1.54) is 12.0 Å². The van der Waals surface area contributed by atoms with Crippen LogP contribution in [0.5, 0.6) is 0 Å². The Morgan fingerprint density at radius 1 is 1.04 bits per heavy atom. The zero-order chi connectivity index (χ0) is 16.4. The summed E-state index contributed by atoms with van der Waals surface area (Å²) in [4.78, 5) is 26.6. The molecule has 1 saturated heterocycles. The number of carbonyl (C=O) groups excluding carboxylic acids is 2. The number of benzene rings is 1. The zero-order valence-corrected chi connectivity index (χ0v) is 14.0. The third kappa shape index (κ3) is 3.74. The first kappa shape index (κ1) is 16.0. The van der Waals surface area contributed by atoms with Crippen LogP contribution in [-0.4, -0.2) is 29.8 Å². The molecule has 1 aliphatic carbocycles. The number of likely N-dealkylation sites (tertiary alicyclic amines) is 1. The number of hydrogen-bond acceptors (Lipinski definition) is 2. The van der Waals surface area contributed by atoms with Crippen molar-refractivity contribution in [3.63, 3.8) is 0 Å². The molecule has 2 unspecified atom stereocenters. The lowest BCUT2D eigenvalue weighted by Crippen LogP contribution is -2.37. The first-order valence-corrected chi connectivity index (χ1v) is 8.76. The van der Waals surface area contributed by atoms with Gasteiger partial charge in [-0.15, -0.1) is 0 Å². The van der Waals surface area contributed by atoms with Crippen molar-refractivity contribution in [2.75, 3.05) is 18.4 Å². The lowest BCUT2D eigenvalue weighted by Gasteiger charge is -2.26. The Balaban J connectivity index is 1.52. The molecule has 124 valence electrons. The Kier molecular flexibility index (Phi) is 4.69. The highest BCUT2D eigenvalue weighted by Gasteiger charge is 2.49. The highest BCUT2D eigenvalue weighted by molar-refractivity contribution is 5.99. The molecule has 1 aliphatic heterocycles. The van der Waals surface area contributed by atoms with Crippen LogP contribution in [0.4, 0.5) is 5.69 Å². The van der Waals surface area contributed by atoms with Crippen LogP contribution in [-0.2, 0) is 9.59 Å². The largest absolute Gasteiger partial charge is 0.342 e. The van der Waals surface area contributed by atoms with Gasteiger partial charge >= 0.3 is 0 Å². The van der Waals surface area contributed by atoms with Crippen molar-refractivity contribution in [1.82, 2.24) is 4.90 Å². The summed E-state index contributed by atoms with van der Waals surface area (Å²) in [6.07, 6.45) is 4.10. The Labute approximate surface area is 138 Å². The molecule has 0 radical (unpaired) electrons. The topological polar surface area (TPSA) is 49.4 Å². The van der Waals surface area contributed by atoms with Crippen molar-refractivity contribution < 1.29 is 9.59 Å². The molecule has 2 atom stereocenters. The summed E-state index contributed by atoms with van der Waals surface area (Å²) in [6, 6.07) is 7.97. The summed E-state index contributed by atoms with van der Waals surface area (Å²) in [6.45, 7) is 6.02. The van der Waals surface area contributed by atoms with E-state index in [1.54, 1.807) is 0 Å². The van der Waals surface area contributed by atoms with Crippen molar-refractivity contribution in [3.8, 4) is 0 Å². The average molecular weight is 314 g/mol. The zero-order valence-electron chi connectivity index (χ0n) is 14.0. The maximum Gasteiger partial charge on any atom is 0.228 e. The molecular formula is C19H26N2O2. The summed E-state index contributed by atoms with van der Waals surface area (Å²) >= 11 is 0. The van der Waals surface area contributed by atoms with Gasteiger partial charge in [0.25, 0.3) is 0 Å². The van der Waals surface area contributed by atoms with Crippen LogP contribution >= 0.6 is 0 Å². The van der Waals surface area contributed by atoms with Crippen LogP contribution in [0.1, 0.15) is 51.0 Å². The van der Waals surface area contributed by atoms with Crippen molar-refractivity contribution in [1.29, 1.82) is 0 Å². The number of nitrogens with one attached hydrogen (secondary N) is 1. The number of anilines is 1. The number of hydrogen-bond donors (Lipinski definition) is 1. The predicted octanol–water partition coefficient (Wildman–Crippen LogP) is 3.40. The van der Waals surface area contributed by atoms with E-state index in [0.717, 1.165) is 31.6 Å². The van der Waals surface area contributed by atoms with E-state index in [4.69, 9.17) is 0 Å². The molecule has 4 nitrogen and oxygen atoms in total. The number of piperidine rings is 1. The lowest BCUT2D eigenvalue weighted by atomic mass is 10.0. The maximum absolute atomic E-state index is 12.4. The summed E-state index contributed by atoms with van der Waals surface area (Å²) in [5, 5.41) is 2.95. The van der Waals surface area contributed by atoms with Gasteiger partial charge in [0.05, 0.1) is 11.8 Å². The normalized spacial score (nSPS) is 23.7. The van der Waals surface area contributed by atoms with E-state index < -0.39 is 0 Å². The Morgan fingerprint density at radius 2 is 1.70 bits per heavy atom. The second-order valence-electron chi connectivity index (χ2n) is 7.10. The monoisotopic (exact) mass is 314 g/mol. The first-order chi connectivity index (χ1) is 11.1. The fourth-order valence-electron chi connectivity index (χ4n) is 3.29. The lowest BCUT2D eigenvalue weighted by molar-refractivity contribution is -0.134. The Morgan fingerprint density at radius 3 is 2.30 bits per heavy atom. The SMILES string of the molecule is CC(C)c1ccc(NC(=O)C2CC2C(=O)N2CCCCC2)cc1. The predicted molar refractivity (Wildman–Crippen MR) is 91.2 cm³/mol. The second-order valence-corrected chi connectivity index (χ2v) is 7.10. The minimum absolute atomic E-state index is 0.0161. The molecule has 2 amide bonds. The molecule has 1 N–H and O–H groups in total. The van der Waals surface area contributed by atoms with Crippen LogP contribution in [0.25, 0.3) is 0 Å². The van der Waals surface area contributed by atoms with Crippen molar-refractivity contribution in [2.45, 2.75) is 45.4 Å². The summed E-state index contributed by atoms with van der Waals surface area (Å²) in [7, 11) is 0. The van der Waals surface area contributed by atoms with Gasteiger partial charge in [-0.25, -0.2) is 0 Å². The molecule has 0 aromatic heterocycles. The van der Waals surface area contributed by atoms with Crippen LogP contribution < -0.4 is 5.32 Å². The van der Waals surface area contributed by atoms with Crippen LogP contribution in [0.3, 0.4) is 0 Å². The number of rotatable bonds is 4. The van der Waals surface area contributed by atoms with Crippen LogP contribution in [0.2, 0.25) is 0 Å². The Bertz CT molecular complexity index is 574. The van der Waals surface area contributed by atoms with Crippen molar-refractivity contribution >= 4 is 17.5 Å². The van der Waals surface area contributed by atoms with Gasteiger partial charge in [-0.2, -0.15) is 0 Å². The van der Waals surface area contributed by atoms with Gasteiger partial charge in [-0.05, 0) is 49.3 Å². The maximum atomic E-state index is 12.4. The van der Waals surface area contributed by atoms with Gasteiger partial charge in [0.15, 0.2) is 0 Å². The molecule has 4 heteroatoms. The minimum atomic E-state index is -0.144. The molecule has 1 aromatic rings. The van der Waals surface area contributed by atoms with E-state index in [0.29, 0.717) is 12.3 Å². The molecule has 23 heavy (non-hydrogen) atoms. The van der Waals surface area contributed by atoms with Gasteiger partial charge in [0, 0.05) is 18.8 Å². The van der Waals surface area contributed by atoms with Crippen LogP contribution in [0, 0.1) is 11.8 Å². The smallest absolute Gasteiger partial charge is 0.228 e. The molecule has 3 rings (SSSR count). The number of carbonyl (C=O) groups is 2. The van der Waals surface area contributed by atoms with Gasteiger partial charge < -0.3 is 10.2 Å². The molecule has 1 aromatic carbocycles. The molecule has 1 saturated carbocycles. The fourth-order valence-corrected chi connectivity index (χ4v) is 3.29. The van der Waals surface area contributed by atoms with E-state index in [9.17, 15) is 9.59 Å². The van der Waals surface area contributed by atoms with Crippen LogP contribution in [0.15, 0.2) is 24.3 Å². The van der Waals surface area contributed by atoms with Crippen molar-refractivity contribution in [2.24, 2.45) is 11.8 Å². The second kappa shape index (κ2) is 6.73. The Hall–Kier alpha value is -1.84.